The molecule has 0 atom stereocenters. The molecule has 1 N–H and O–H groups in total. The van der Waals surface area contributed by atoms with Crippen LogP contribution in [0, 0.1) is 5.82 Å². The van der Waals surface area contributed by atoms with Gasteiger partial charge in [0.1, 0.15) is 5.82 Å². The fourth-order valence-electron chi connectivity index (χ4n) is 1.57. The van der Waals surface area contributed by atoms with Crippen LogP contribution in [0.2, 0.25) is 0 Å². The predicted octanol–water partition coefficient (Wildman–Crippen LogP) is 2.99. The van der Waals surface area contributed by atoms with Crippen molar-refractivity contribution in [2.45, 2.75) is 6.61 Å². The second kappa shape index (κ2) is 4.24. The highest BCUT2D eigenvalue weighted by Gasteiger charge is 2.04. The van der Waals surface area contributed by atoms with Crippen LogP contribution in [0.25, 0.3) is 11.1 Å². The van der Waals surface area contributed by atoms with Gasteiger partial charge in [-0.3, -0.25) is 0 Å². The van der Waals surface area contributed by atoms with Gasteiger partial charge >= 0.3 is 0 Å². The molecule has 2 rings (SSSR count). The van der Waals surface area contributed by atoms with E-state index in [1.54, 1.807) is 6.07 Å². The maximum atomic E-state index is 13.1. The zero-order chi connectivity index (χ0) is 10.7. The summed E-state index contributed by atoms with van der Waals surface area (Å²) in [6.45, 7) is -0.0789. The summed E-state index contributed by atoms with van der Waals surface area (Å²) in [7, 11) is 0. The van der Waals surface area contributed by atoms with Gasteiger partial charge in [0, 0.05) is 0 Å². The van der Waals surface area contributed by atoms with E-state index >= 15 is 0 Å². The Kier molecular flexibility index (Phi) is 2.79. The van der Waals surface area contributed by atoms with E-state index in [4.69, 9.17) is 5.11 Å². The first-order chi connectivity index (χ1) is 7.31. The molecule has 0 heterocycles. The molecule has 0 amide bonds. The highest BCUT2D eigenvalue weighted by Crippen LogP contribution is 2.24. The summed E-state index contributed by atoms with van der Waals surface area (Å²) >= 11 is 0. The van der Waals surface area contributed by atoms with Crippen LogP contribution in [0.5, 0.6) is 0 Å². The SMILES string of the molecule is OCc1ccc(F)cc1-c1ccccc1. The number of halogens is 1. The lowest BCUT2D eigenvalue weighted by Crippen LogP contribution is -1.90. The molecule has 0 unspecified atom stereocenters. The highest BCUT2D eigenvalue weighted by atomic mass is 19.1. The lowest BCUT2D eigenvalue weighted by Gasteiger charge is -2.07. The zero-order valence-corrected chi connectivity index (χ0v) is 8.15. The predicted molar refractivity (Wildman–Crippen MR) is 57.8 cm³/mol. The molecule has 0 aromatic heterocycles. The molecule has 76 valence electrons. The van der Waals surface area contributed by atoms with E-state index in [9.17, 15) is 4.39 Å². The van der Waals surface area contributed by atoms with Gasteiger partial charge in [0.05, 0.1) is 6.61 Å². The Bertz CT molecular complexity index is 451. The van der Waals surface area contributed by atoms with Crippen molar-refractivity contribution in [3.05, 3.63) is 59.9 Å². The number of hydrogen-bond donors (Lipinski definition) is 1. The highest BCUT2D eigenvalue weighted by molar-refractivity contribution is 5.67. The minimum Gasteiger partial charge on any atom is -0.392 e. The minimum atomic E-state index is -0.286. The first-order valence-electron chi connectivity index (χ1n) is 4.76. The van der Waals surface area contributed by atoms with Crippen molar-refractivity contribution in [3.8, 4) is 11.1 Å². The third-order valence-corrected chi connectivity index (χ3v) is 2.33. The summed E-state index contributed by atoms with van der Waals surface area (Å²) < 4.78 is 13.1. The molecule has 0 spiro atoms. The van der Waals surface area contributed by atoms with Crippen LogP contribution >= 0.6 is 0 Å². The van der Waals surface area contributed by atoms with E-state index in [2.05, 4.69) is 0 Å². The van der Waals surface area contributed by atoms with Crippen LogP contribution in [-0.4, -0.2) is 5.11 Å². The van der Waals surface area contributed by atoms with E-state index in [1.807, 2.05) is 30.3 Å². The number of aliphatic hydroxyl groups is 1. The lowest BCUT2D eigenvalue weighted by atomic mass is 10.00. The van der Waals surface area contributed by atoms with Gasteiger partial charge in [-0.2, -0.15) is 0 Å². The van der Waals surface area contributed by atoms with E-state index < -0.39 is 0 Å². The van der Waals surface area contributed by atoms with Gasteiger partial charge in [-0.25, -0.2) is 4.39 Å². The van der Waals surface area contributed by atoms with Gasteiger partial charge in [0.2, 0.25) is 0 Å². The quantitative estimate of drug-likeness (QED) is 0.793. The van der Waals surface area contributed by atoms with E-state index in [0.29, 0.717) is 0 Å². The third-order valence-electron chi connectivity index (χ3n) is 2.33. The van der Waals surface area contributed by atoms with Gasteiger partial charge in [0.25, 0.3) is 0 Å². The second-order valence-electron chi connectivity index (χ2n) is 3.33. The molecule has 0 saturated heterocycles. The molecular formula is C13H11FO. The number of rotatable bonds is 2. The third kappa shape index (κ3) is 2.05. The molecule has 0 fully saturated rings. The van der Waals surface area contributed by atoms with Crippen LogP contribution < -0.4 is 0 Å². The van der Waals surface area contributed by atoms with E-state index in [0.717, 1.165) is 16.7 Å². The first kappa shape index (κ1) is 9.87. The Balaban J connectivity index is 2.56. The topological polar surface area (TPSA) is 20.2 Å². The monoisotopic (exact) mass is 202 g/mol. The Hall–Kier alpha value is -1.67. The molecule has 0 aliphatic rings. The maximum Gasteiger partial charge on any atom is 0.123 e. The summed E-state index contributed by atoms with van der Waals surface area (Å²) in [5, 5.41) is 9.15. The molecule has 0 bridgehead atoms. The molecule has 0 radical (unpaired) electrons. The Morgan fingerprint density at radius 3 is 2.40 bits per heavy atom. The zero-order valence-electron chi connectivity index (χ0n) is 8.15. The average molecular weight is 202 g/mol. The van der Waals surface area contributed by atoms with Gasteiger partial charge in [-0.15, -0.1) is 0 Å². The summed E-state index contributed by atoms with van der Waals surface area (Å²) in [6, 6.07) is 13.9. The second-order valence-corrected chi connectivity index (χ2v) is 3.33. The van der Waals surface area contributed by atoms with Crippen LogP contribution in [-0.2, 0) is 6.61 Å². The molecular weight excluding hydrogens is 191 g/mol. The van der Waals surface area contributed by atoms with Gasteiger partial charge < -0.3 is 5.11 Å². The summed E-state index contributed by atoms with van der Waals surface area (Å²) in [5.74, 6) is -0.286. The van der Waals surface area contributed by atoms with Crippen LogP contribution in [0.3, 0.4) is 0 Å². The number of hydrogen-bond acceptors (Lipinski definition) is 1. The van der Waals surface area contributed by atoms with Crippen molar-refractivity contribution in [2.24, 2.45) is 0 Å². The fraction of sp³-hybridized carbons (Fsp3) is 0.0769. The van der Waals surface area contributed by atoms with E-state index in [-0.39, 0.29) is 12.4 Å². The van der Waals surface area contributed by atoms with Gasteiger partial charge in [-0.1, -0.05) is 36.4 Å². The van der Waals surface area contributed by atoms with Crippen LogP contribution in [0.4, 0.5) is 4.39 Å². The molecule has 1 nitrogen and oxygen atoms in total. The van der Waals surface area contributed by atoms with Crippen molar-refractivity contribution in [3.63, 3.8) is 0 Å². The molecule has 0 aliphatic carbocycles. The smallest absolute Gasteiger partial charge is 0.123 e. The summed E-state index contributed by atoms with van der Waals surface area (Å²) in [4.78, 5) is 0. The van der Waals surface area contributed by atoms with Crippen molar-refractivity contribution < 1.29 is 9.50 Å². The molecule has 0 saturated carbocycles. The first-order valence-corrected chi connectivity index (χ1v) is 4.76. The van der Waals surface area contributed by atoms with E-state index in [1.165, 1.54) is 12.1 Å². The number of aliphatic hydroxyl groups excluding tert-OH is 1. The average Bonchev–Trinajstić information content (AvgIpc) is 2.30. The van der Waals surface area contributed by atoms with Crippen molar-refractivity contribution >= 4 is 0 Å². The van der Waals surface area contributed by atoms with Crippen molar-refractivity contribution in [1.29, 1.82) is 0 Å². The van der Waals surface area contributed by atoms with Gasteiger partial charge in [-0.05, 0) is 28.8 Å². The fourth-order valence-corrected chi connectivity index (χ4v) is 1.57. The van der Waals surface area contributed by atoms with Crippen LogP contribution in [0.1, 0.15) is 5.56 Å². The Morgan fingerprint density at radius 1 is 1.00 bits per heavy atom. The molecule has 0 aliphatic heterocycles. The minimum absolute atomic E-state index is 0.0789. The molecule has 2 heteroatoms. The van der Waals surface area contributed by atoms with Crippen molar-refractivity contribution in [1.82, 2.24) is 0 Å². The van der Waals surface area contributed by atoms with Crippen molar-refractivity contribution in [2.75, 3.05) is 0 Å². The standard InChI is InChI=1S/C13H11FO/c14-12-7-6-11(9-15)13(8-12)10-4-2-1-3-5-10/h1-8,15H,9H2. The molecule has 2 aromatic rings. The Labute approximate surface area is 87.8 Å². The Morgan fingerprint density at radius 2 is 1.73 bits per heavy atom. The summed E-state index contributed by atoms with van der Waals surface area (Å²) in [5.41, 5.74) is 2.40. The molecule has 2 aromatic carbocycles. The van der Waals surface area contributed by atoms with Crippen LogP contribution in [0.15, 0.2) is 48.5 Å². The lowest BCUT2D eigenvalue weighted by molar-refractivity contribution is 0.282. The largest absolute Gasteiger partial charge is 0.392 e. The molecule has 15 heavy (non-hydrogen) atoms. The number of benzene rings is 2. The van der Waals surface area contributed by atoms with Gasteiger partial charge in [0.15, 0.2) is 0 Å². The maximum absolute atomic E-state index is 13.1. The normalized spacial score (nSPS) is 10.3. The summed E-state index contributed by atoms with van der Waals surface area (Å²) in [6.07, 6.45) is 0.